The van der Waals surface area contributed by atoms with Gasteiger partial charge in [0.1, 0.15) is 12.1 Å². The van der Waals surface area contributed by atoms with Crippen LogP contribution >= 0.6 is 0 Å². The van der Waals surface area contributed by atoms with Crippen LogP contribution < -0.4 is 10.2 Å². The van der Waals surface area contributed by atoms with E-state index in [-0.39, 0.29) is 0 Å². The van der Waals surface area contributed by atoms with Crippen LogP contribution in [0.5, 0.6) is 0 Å². The highest BCUT2D eigenvalue weighted by molar-refractivity contribution is 5.49. The van der Waals surface area contributed by atoms with Crippen molar-refractivity contribution in [2.75, 3.05) is 31.6 Å². The third-order valence-electron chi connectivity index (χ3n) is 3.53. The summed E-state index contributed by atoms with van der Waals surface area (Å²) in [4.78, 5) is 11.4. The first-order chi connectivity index (χ1) is 8.86. The molecule has 0 saturated heterocycles. The Labute approximate surface area is 110 Å². The average Bonchev–Trinajstić information content (AvgIpc) is 2.43. The molecule has 0 aliphatic heterocycles. The first-order valence-corrected chi connectivity index (χ1v) is 7.09. The van der Waals surface area contributed by atoms with E-state index in [9.17, 15) is 0 Å². The van der Waals surface area contributed by atoms with Crippen LogP contribution in [-0.4, -0.2) is 36.6 Å². The molecule has 4 nitrogen and oxygen atoms in total. The molecule has 0 saturated carbocycles. The summed E-state index contributed by atoms with van der Waals surface area (Å²) in [6.07, 6.45) is 7.71. The van der Waals surface area contributed by atoms with Crippen molar-refractivity contribution in [3.05, 3.63) is 17.6 Å². The number of hydrogen-bond donors (Lipinski definition) is 1. The fourth-order valence-electron chi connectivity index (χ4n) is 2.62. The summed E-state index contributed by atoms with van der Waals surface area (Å²) in [6.45, 7) is 5.32. The van der Waals surface area contributed by atoms with Crippen LogP contribution in [0.2, 0.25) is 0 Å². The molecule has 4 heteroatoms. The van der Waals surface area contributed by atoms with Crippen molar-refractivity contribution in [3.63, 3.8) is 0 Å². The van der Waals surface area contributed by atoms with Gasteiger partial charge in [0.25, 0.3) is 0 Å². The fraction of sp³-hybridized carbons (Fsp3) is 0.714. The Kier molecular flexibility index (Phi) is 4.93. The van der Waals surface area contributed by atoms with Crippen molar-refractivity contribution in [1.29, 1.82) is 0 Å². The lowest BCUT2D eigenvalue weighted by atomic mass is 9.96. The molecular formula is C14H24N4. The van der Waals surface area contributed by atoms with E-state index in [0.717, 1.165) is 38.9 Å². The van der Waals surface area contributed by atoms with E-state index in [1.807, 2.05) is 7.05 Å². The Balaban J connectivity index is 2.22. The summed E-state index contributed by atoms with van der Waals surface area (Å²) in [5.74, 6) is 1.18. The Morgan fingerprint density at radius 1 is 1.22 bits per heavy atom. The van der Waals surface area contributed by atoms with Crippen molar-refractivity contribution in [2.24, 2.45) is 0 Å². The van der Waals surface area contributed by atoms with Crippen molar-refractivity contribution in [1.82, 2.24) is 15.3 Å². The maximum atomic E-state index is 4.55. The van der Waals surface area contributed by atoms with E-state index in [2.05, 4.69) is 27.1 Å². The van der Waals surface area contributed by atoms with Crippen LogP contribution in [0.4, 0.5) is 5.82 Å². The minimum absolute atomic E-state index is 0.999. The van der Waals surface area contributed by atoms with Gasteiger partial charge < -0.3 is 10.2 Å². The first-order valence-electron chi connectivity index (χ1n) is 7.09. The number of rotatable bonds is 6. The molecule has 2 rings (SSSR count). The van der Waals surface area contributed by atoms with E-state index in [4.69, 9.17) is 0 Å². The standard InChI is InChI=1S/C14H24N4/c1-3-9-18(10-8-15-2)14-12-6-4-5-7-13(12)16-11-17-14/h11,15H,3-10H2,1-2H3. The quantitative estimate of drug-likeness (QED) is 0.833. The van der Waals surface area contributed by atoms with Crippen LogP contribution in [0.15, 0.2) is 6.33 Å². The van der Waals surface area contributed by atoms with Gasteiger partial charge in [-0.25, -0.2) is 9.97 Å². The molecule has 0 fully saturated rings. The largest absolute Gasteiger partial charge is 0.355 e. The van der Waals surface area contributed by atoms with E-state index >= 15 is 0 Å². The minimum Gasteiger partial charge on any atom is -0.355 e. The van der Waals surface area contributed by atoms with Gasteiger partial charge in [-0.15, -0.1) is 0 Å². The van der Waals surface area contributed by atoms with Gasteiger partial charge in [-0.05, 0) is 39.2 Å². The molecule has 100 valence electrons. The SMILES string of the molecule is CCCN(CCNC)c1ncnc2c1CCCC2. The molecule has 0 spiro atoms. The third kappa shape index (κ3) is 2.99. The number of nitrogens with zero attached hydrogens (tertiary/aromatic N) is 3. The molecule has 0 amide bonds. The maximum absolute atomic E-state index is 4.55. The minimum atomic E-state index is 0.999. The van der Waals surface area contributed by atoms with Gasteiger partial charge in [-0.1, -0.05) is 6.92 Å². The highest BCUT2D eigenvalue weighted by Gasteiger charge is 2.18. The Hall–Kier alpha value is -1.16. The van der Waals surface area contributed by atoms with E-state index < -0.39 is 0 Å². The number of nitrogens with one attached hydrogen (secondary N) is 1. The summed E-state index contributed by atoms with van der Waals surface area (Å²) >= 11 is 0. The lowest BCUT2D eigenvalue weighted by Gasteiger charge is -2.27. The number of hydrogen-bond acceptors (Lipinski definition) is 4. The Morgan fingerprint density at radius 3 is 2.83 bits per heavy atom. The van der Waals surface area contributed by atoms with Gasteiger partial charge in [-0.3, -0.25) is 0 Å². The van der Waals surface area contributed by atoms with Crippen molar-refractivity contribution >= 4 is 5.82 Å². The summed E-state index contributed by atoms with van der Waals surface area (Å²) < 4.78 is 0. The number of aryl methyl sites for hydroxylation is 1. The topological polar surface area (TPSA) is 41.0 Å². The summed E-state index contributed by atoms with van der Waals surface area (Å²) in [7, 11) is 2.00. The number of likely N-dealkylation sites (N-methyl/N-ethyl adjacent to an activating group) is 1. The highest BCUT2D eigenvalue weighted by atomic mass is 15.2. The van der Waals surface area contributed by atoms with Gasteiger partial charge in [0.05, 0.1) is 0 Å². The van der Waals surface area contributed by atoms with E-state index in [0.29, 0.717) is 0 Å². The number of aromatic nitrogens is 2. The Morgan fingerprint density at radius 2 is 2.06 bits per heavy atom. The molecule has 0 bridgehead atoms. The van der Waals surface area contributed by atoms with Crippen LogP contribution in [0, 0.1) is 0 Å². The van der Waals surface area contributed by atoms with E-state index in [1.54, 1.807) is 6.33 Å². The number of anilines is 1. The normalized spacial score (nSPS) is 14.3. The molecule has 18 heavy (non-hydrogen) atoms. The van der Waals surface area contributed by atoms with Crippen LogP contribution in [0.25, 0.3) is 0 Å². The van der Waals surface area contributed by atoms with Crippen molar-refractivity contribution < 1.29 is 0 Å². The van der Waals surface area contributed by atoms with Gasteiger partial charge in [-0.2, -0.15) is 0 Å². The zero-order valence-corrected chi connectivity index (χ0v) is 11.6. The molecule has 0 radical (unpaired) electrons. The van der Waals surface area contributed by atoms with Crippen LogP contribution in [-0.2, 0) is 12.8 Å². The second kappa shape index (κ2) is 6.69. The highest BCUT2D eigenvalue weighted by Crippen LogP contribution is 2.26. The maximum Gasteiger partial charge on any atom is 0.135 e. The summed E-state index contributed by atoms with van der Waals surface area (Å²) in [5, 5.41) is 3.22. The molecule has 1 N–H and O–H groups in total. The van der Waals surface area contributed by atoms with Gasteiger partial charge >= 0.3 is 0 Å². The molecule has 0 unspecified atom stereocenters. The van der Waals surface area contributed by atoms with Crippen molar-refractivity contribution in [2.45, 2.75) is 39.0 Å². The molecule has 1 heterocycles. The summed E-state index contributed by atoms with van der Waals surface area (Å²) in [6, 6.07) is 0. The zero-order valence-electron chi connectivity index (χ0n) is 11.6. The van der Waals surface area contributed by atoms with Gasteiger partial charge in [0.15, 0.2) is 0 Å². The smallest absolute Gasteiger partial charge is 0.135 e. The van der Waals surface area contributed by atoms with Gasteiger partial charge in [0.2, 0.25) is 0 Å². The van der Waals surface area contributed by atoms with Crippen LogP contribution in [0.1, 0.15) is 37.4 Å². The molecule has 1 aliphatic rings. The lowest BCUT2D eigenvalue weighted by molar-refractivity contribution is 0.645. The predicted octanol–water partition coefficient (Wildman–Crippen LogP) is 1.79. The third-order valence-corrected chi connectivity index (χ3v) is 3.53. The Bertz CT molecular complexity index is 378. The van der Waals surface area contributed by atoms with E-state index in [1.165, 1.54) is 29.9 Å². The van der Waals surface area contributed by atoms with Gasteiger partial charge in [0, 0.05) is 30.9 Å². The molecule has 0 aromatic carbocycles. The molecule has 1 aromatic rings. The van der Waals surface area contributed by atoms with Crippen LogP contribution in [0.3, 0.4) is 0 Å². The fourth-order valence-corrected chi connectivity index (χ4v) is 2.62. The monoisotopic (exact) mass is 248 g/mol. The second-order valence-corrected chi connectivity index (χ2v) is 4.92. The molecule has 1 aliphatic carbocycles. The average molecular weight is 248 g/mol. The molecule has 0 atom stereocenters. The summed E-state index contributed by atoms with van der Waals surface area (Å²) in [5.41, 5.74) is 2.67. The zero-order chi connectivity index (χ0) is 12.8. The van der Waals surface area contributed by atoms with Crippen molar-refractivity contribution in [3.8, 4) is 0 Å². The predicted molar refractivity (Wildman–Crippen MR) is 75.1 cm³/mol. The lowest BCUT2D eigenvalue weighted by Crippen LogP contribution is -2.33. The molecule has 1 aromatic heterocycles. The second-order valence-electron chi connectivity index (χ2n) is 4.92. The molecular weight excluding hydrogens is 224 g/mol. The first kappa shape index (κ1) is 13.3. The number of fused-ring (bicyclic) bond motifs is 1.